The summed E-state index contributed by atoms with van der Waals surface area (Å²) in [5.74, 6) is 0.588. The summed E-state index contributed by atoms with van der Waals surface area (Å²) in [7, 11) is 0. The average molecular weight is 418 g/mol. The first kappa shape index (κ1) is 19.0. The Morgan fingerprint density at radius 3 is 2.45 bits per heavy atom. The van der Waals surface area contributed by atoms with Crippen molar-refractivity contribution in [2.45, 2.75) is 5.22 Å². The van der Waals surface area contributed by atoms with E-state index >= 15 is 0 Å². The van der Waals surface area contributed by atoms with Crippen LogP contribution in [0, 0.1) is 11.3 Å². The van der Waals surface area contributed by atoms with E-state index in [-0.39, 0.29) is 11.7 Å². The van der Waals surface area contributed by atoms with Crippen molar-refractivity contribution in [2.24, 2.45) is 0 Å². The van der Waals surface area contributed by atoms with Gasteiger partial charge in [0.1, 0.15) is 16.8 Å². The van der Waals surface area contributed by atoms with Crippen molar-refractivity contribution < 1.29 is 9.21 Å². The smallest absolute Gasteiger partial charge is 0.257 e. The fourth-order valence-corrected chi connectivity index (χ4v) is 4.10. The van der Waals surface area contributed by atoms with Gasteiger partial charge in [-0.15, -0.1) is 11.3 Å². The van der Waals surface area contributed by atoms with Crippen LogP contribution in [-0.4, -0.2) is 16.6 Å². The molecule has 142 valence electrons. The molecule has 0 radical (unpaired) electrons. The molecule has 0 atom stereocenters. The van der Waals surface area contributed by atoms with Crippen LogP contribution in [-0.2, 0) is 4.79 Å². The summed E-state index contributed by atoms with van der Waals surface area (Å²) in [6.07, 6.45) is 0. The lowest BCUT2D eigenvalue weighted by Crippen LogP contribution is -2.13. The summed E-state index contributed by atoms with van der Waals surface area (Å²) in [5.41, 5.74) is 3.07. The first-order valence-corrected chi connectivity index (χ1v) is 10.6. The van der Waals surface area contributed by atoms with E-state index < -0.39 is 0 Å². The molecule has 29 heavy (non-hydrogen) atoms. The third-order valence-electron chi connectivity index (χ3n) is 4.06. The lowest BCUT2D eigenvalue weighted by Gasteiger charge is -2.01. The number of nitrogens with zero attached hydrogens (tertiary/aromatic N) is 2. The van der Waals surface area contributed by atoms with E-state index in [1.165, 1.54) is 23.1 Å². The van der Waals surface area contributed by atoms with Crippen molar-refractivity contribution in [3.63, 3.8) is 0 Å². The third-order valence-corrected chi connectivity index (χ3v) is 5.71. The number of thioether (sulfide) groups is 1. The maximum absolute atomic E-state index is 12.3. The normalized spacial score (nSPS) is 10.4. The summed E-state index contributed by atoms with van der Waals surface area (Å²) in [5, 5.41) is 14.6. The molecule has 2 heterocycles. The van der Waals surface area contributed by atoms with Crippen molar-refractivity contribution >= 4 is 34.0 Å². The zero-order valence-electron chi connectivity index (χ0n) is 15.2. The number of oxazole rings is 1. The number of anilines is 1. The molecular weight excluding hydrogens is 402 g/mol. The zero-order valence-corrected chi connectivity index (χ0v) is 16.8. The van der Waals surface area contributed by atoms with Crippen LogP contribution in [0.25, 0.3) is 22.6 Å². The van der Waals surface area contributed by atoms with Crippen LogP contribution in [0.5, 0.6) is 0 Å². The van der Waals surface area contributed by atoms with E-state index in [1.807, 2.05) is 60.7 Å². The number of rotatable bonds is 6. The lowest BCUT2D eigenvalue weighted by atomic mass is 10.1. The van der Waals surface area contributed by atoms with Gasteiger partial charge in [-0.2, -0.15) is 5.26 Å². The van der Waals surface area contributed by atoms with Gasteiger partial charge in [0.25, 0.3) is 5.22 Å². The van der Waals surface area contributed by atoms with Gasteiger partial charge in [-0.05, 0) is 11.4 Å². The zero-order chi connectivity index (χ0) is 20.1. The molecule has 0 spiro atoms. The summed E-state index contributed by atoms with van der Waals surface area (Å²) in [6.45, 7) is 0. The molecule has 0 aliphatic rings. The number of thiophene rings is 1. The minimum atomic E-state index is -0.213. The van der Waals surface area contributed by atoms with Gasteiger partial charge in [0.15, 0.2) is 5.76 Å². The highest BCUT2D eigenvalue weighted by Crippen LogP contribution is 2.35. The Labute approximate surface area is 176 Å². The molecule has 5 nitrogen and oxygen atoms in total. The minimum Gasteiger partial charge on any atom is -0.431 e. The van der Waals surface area contributed by atoms with Crippen LogP contribution in [0.4, 0.5) is 5.00 Å². The summed E-state index contributed by atoms with van der Waals surface area (Å²) in [6, 6.07) is 23.3. The molecule has 1 amide bonds. The predicted octanol–water partition coefficient (Wildman–Crippen LogP) is 5.67. The molecular formula is C22H15N3O2S2. The summed E-state index contributed by atoms with van der Waals surface area (Å²) < 4.78 is 6.01. The molecule has 0 unspecified atom stereocenters. The van der Waals surface area contributed by atoms with Gasteiger partial charge >= 0.3 is 0 Å². The minimum absolute atomic E-state index is 0.131. The van der Waals surface area contributed by atoms with E-state index in [9.17, 15) is 4.79 Å². The first-order chi connectivity index (χ1) is 14.2. The largest absolute Gasteiger partial charge is 0.431 e. The van der Waals surface area contributed by atoms with Crippen molar-refractivity contribution in [2.75, 3.05) is 11.1 Å². The second-order valence-electron chi connectivity index (χ2n) is 6.00. The molecule has 0 aliphatic carbocycles. The highest BCUT2D eigenvalue weighted by molar-refractivity contribution is 7.99. The van der Waals surface area contributed by atoms with Crippen LogP contribution < -0.4 is 5.32 Å². The highest BCUT2D eigenvalue weighted by atomic mass is 32.2. The maximum atomic E-state index is 12.3. The van der Waals surface area contributed by atoms with Crippen molar-refractivity contribution in [1.82, 2.24) is 4.98 Å². The van der Waals surface area contributed by atoms with E-state index in [0.29, 0.717) is 21.5 Å². The molecule has 0 saturated heterocycles. The molecule has 0 aliphatic heterocycles. The molecule has 4 aromatic rings. The lowest BCUT2D eigenvalue weighted by molar-refractivity contribution is -0.113. The predicted molar refractivity (Wildman–Crippen MR) is 116 cm³/mol. The Hall–Kier alpha value is -3.34. The van der Waals surface area contributed by atoms with E-state index in [4.69, 9.17) is 9.68 Å². The highest BCUT2D eigenvalue weighted by Gasteiger charge is 2.18. The number of carbonyl (C=O) groups is 1. The number of hydrogen-bond acceptors (Lipinski definition) is 6. The molecule has 0 bridgehead atoms. The SMILES string of the molecule is N#Cc1ccsc1NC(=O)CSc1nc(-c2ccccc2)c(-c2ccccc2)o1. The van der Waals surface area contributed by atoms with Crippen LogP contribution in [0.15, 0.2) is 81.8 Å². The van der Waals surface area contributed by atoms with Gasteiger partial charge in [-0.3, -0.25) is 4.79 Å². The van der Waals surface area contributed by atoms with Crippen LogP contribution in [0.3, 0.4) is 0 Å². The van der Waals surface area contributed by atoms with Crippen LogP contribution in [0.1, 0.15) is 5.56 Å². The summed E-state index contributed by atoms with van der Waals surface area (Å²) in [4.78, 5) is 16.9. The molecule has 0 fully saturated rings. The number of nitriles is 1. The second-order valence-corrected chi connectivity index (χ2v) is 7.84. The van der Waals surface area contributed by atoms with Crippen molar-refractivity contribution in [1.29, 1.82) is 5.26 Å². The second kappa shape index (κ2) is 8.78. The standard InChI is InChI=1S/C22H15N3O2S2/c23-13-17-11-12-28-21(17)24-18(26)14-29-22-25-19(15-7-3-1-4-8-15)20(27-22)16-9-5-2-6-10-16/h1-12H,14H2,(H,24,26). The van der Waals surface area contributed by atoms with Gasteiger partial charge in [0.05, 0.1) is 11.3 Å². The Bertz CT molecular complexity index is 1100. The fraction of sp³-hybridized carbons (Fsp3) is 0.0455. The number of hydrogen-bond donors (Lipinski definition) is 1. The molecule has 7 heteroatoms. The average Bonchev–Trinajstić information content (AvgIpc) is 3.40. The Balaban J connectivity index is 1.55. The van der Waals surface area contributed by atoms with Crippen LogP contribution in [0.2, 0.25) is 0 Å². The molecule has 4 rings (SSSR count). The molecule has 1 N–H and O–H groups in total. The van der Waals surface area contributed by atoms with E-state index in [1.54, 1.807) is 11.4 Å². The molecule has 0 saturated carbocycles. The van der Waals surface area contributed by atoms with Crippen molar-refractivity contribution in [3.05, 3.63) is 77.7 Å². The van der Waals surface area contributed by atoms with Crippen LogP contribution >= 0.6 is 23.1 Å². The number of nitrogens with one attached hydrogen (secondary N) is 1. The number of amides is 1. The van der Waals surface area contributed by atoms with Gasteiger partial charge in [-0.25, -0.2) is 4.98 Å². The molecule has 2 aromatic carbocycles. The maximum Gasteiger partial charge on any atom is 0.257 e. The number of benzene rings is 2. The third kappa shape index (κ3) is 4.40. The van der Waals surface area contributed by atoms with Gasteiger partial charge < -0.3 is 9.73 Å². The Morgan fingerprint density at radius 1 is 1.07 bits per heavy atom. The topological polar surface area (TPSA) is 78.9 Å². The Kier molecular flexibility index (Phi) is 5.75. The quantitative estimate of drug-likeness (QED) is 0.409. The van der Waals surface area contributed by atoms with Crippen molar-refractivity contribution in [3.8, 4) is 28.7 Å². The monoisotopic (exact) mass is 417 g/mol. The Morgan fingerprint density at radius 2 is 1.76 bits per heavy atom. The molecule has 2 aromatic heterocycles. The first-order valence-electron chi connectivity index (χ1n) is 8.76. The summed E-state index contributed by atoms with van der Waals surface area (Å²) >= 11 is 2.54. The van der Waals surface area contributed by atoms with Gasteiger partial charge in [0.2, 0.25) is 5.91 Å². The van der Waals surface area contributed by atoms with Gasteiger partial charge in [-0.1, -0.05) is 72.4 Å². The number of aromatic nitrogens is 1. The fourth-order valence-electron chi connectivity index (χ4n) is 2.72. The van der Waals surface area contributed by atoms with E-state index in [2.05, 4.69) is 16.4 Å². The van der Waals surface area contributed by atoms with Gasteiger partial charge in [0, 0.05) is 11.1 Å². The number of carbonyl (C=O) groups excluding carboxylic acids is 1. The van der Waals surface area contributed by atoms with E-state index in [0.717, 1.165) is 16.8 Å².